The Bertz CT molecular complexity index is 422. The minimum atomic E-state index is -6.00. The Labute approximate surface area is 180 Å². The molecule has 0 atom stereocenters. The number of halogens is 4. The molecule has 0 saturated heterocycles. The number of rotatable bonds is 0. The molecule has 2 heterocycles. The Morgan fingerprint density at radius 2 is 0.750 bits per heavy atom. The van der Waals surface area contributed by atoms with Gasteiger partial charge in [-0.3, -0.25) is 0 Å². The van der Waals surface area contributed by atoms with E-state index >= 15 is 0 Å². The van der Waals surface area contributed by atoms with Gasteiger partial charge in [-0.2, -0.15) is 0 Å². The van der Waals surface area contributed by atoms with Crippen LogP contribution in [0.25, 0.3) is 0 Å². The largest absolute Gasteiger partial charge is 0.673 e. The molecule has 1 aliphatic carbocycles. The second-order valence-electron chi connectivity index (χ2n) is 5.83. The molecule has 10 heteroatoms. The molecule has 0 aromatic carbocycles. The average Bonchev–Trinajstić information content (AvgIpc) is 3.05. The second kappa shape index (κ2) is 16.5. The summed E-state index contributed by atoms with van der Waals surface area (Å²) in [6, 6.07) is 0. The van der Waals surface area contributed by atoms with Gasteiger partial charge in [0.05, 0.1) is 0 Å². The maximum absolute atomic E-state index is 9.75. The van der Waals surface area contributed by atoms with E-state index in [0.29, 0.717) is 0 Å². The van der Waals surface area contributed by atoms with E-state index in [1.165, 1.54) is 25.7 Å². The van der Waals surface area contributed by atoms with Crippen LogP contribution in [0.4, 0.5) is 17.3 Å². The van der Waals surface area contributed by atoms with Gasteiger partial charge >= 0.3 is 7.25 Å². The summed E-state index contributed by atoms with van der Waals surface area (Å²) in [4.78, 5) is 7.50. The summed E-state index contributed by atoms with van der Waals surface area (Å²) in [7, 11) is 1.78. The first-order valence-corrected chi connectivity index (χ1v) is 8.56. The maximum Gasteiger partial charge on any atom is 0.673 e. The fourth-order valence-electron chi connectivity index (χ4n) is 1.89. The summed E-state index contributed by atoms with van der Waals surface area (Å²) < 4.78 is 39.0. The summed E-state index contributed by atoms with van der Waals surface area (Å²) in [6.45, 7) is 5.94. The number of hydrogen-bond acceptors (Lipinski definition) is 4. The third-order valence-corrected chi connectivity index (χ3v) is 2.99. The predicted molar refractivity (Wildman–Crippen MR) is 103 cm³/mol. The van der Waals surface area contributed by atoms with Crippen molar-refractivity contribution in [2.24, 2.45) is 0 Å². The van der Waals surface area contributed by atoms with E-state index in [1.54, 1.807) is 0 Å². The van der Waals surface area contributed by atoms with Gasteiger partial charge in [0, 0.05) is 73.1 Å². The first-order chi connectivity index (χ1) is 12.6. The summed E-state index contributed by atoms with van der Waals surface area (Å²) in [5, 5.41) is 0. The minimum Gasteiger partial charge on any atom is -0.418 e. The van der Waals surface area contributed by atoms with E-state index in [4.69, 9.17) is 0 Å². The van der Waals surface area contributed by atoms with Gasteiger partial charge in [-0.1, -0.05) is 24.3 Å². The van der Waals surface area contributed by atoms with Crippen molar-refractivity contribution in [3.8, 4) is 0 Å². The zero-order valence-corrected chi connectivity index (χ0v) is 19.1. The Hall–Kier alpha value is -1.41. The molecule has 2 aliphatic heterocycles. The van der Waals surface area contributed by atoms with E-state index in [9.17, 15) is 17.3 Å². The standard InChI is InChI=1S/C8H12.2C5H8N2.BF4.Ir/c1-2-4-6-8-7-5-3-1;2*1-6-3-4-7(2)5-6;2-1(3,4)5;/h1-2,7-8H,3-6H2;2*3-4H,1-2H3;;/q;;;-1;/b2-1-,8-7-;;;;. The minimum absolute atomic E-state index is 0. The summed E-state index contributed by atoms with van der Waals surface area (Å²) in [5.41, 5.74) is 0. The van der Waals surface area contributed by atoms with E-state index in [0.717, 1.165) is 0 Å². The fraction of sp³-hybridized carbons (Fsp3) is 0.444. The van der Waals surface area contributed by atoms with Gasteiger partial charge in [0.25, 0.3) is 0 Å². The molecule has 5 radical (unpaired) electrons. The monoisotopic (exact) mass is 580 g/mol. The predicted octanol–water partition coefficient (Wildman–Crippen LogP) is 4.63. The molecular formula is C18H28BF4IrN4-. The van der Waals surface area contributed by atoms with E-state index in [-0.39, 0.29) is 20.1 Å². The zero-order valence-electron chi connectivity index (χ0n) is 16.7. The molecule has 0 unspecified atom stereocenters. The Kier molecular flexibility index (Phi) is 17.0. The van der Waals surface area contributed by atoms with Gasteiger partial charge in [0.1, 0.15) is 0 Å². The second-order valence-corrected chi connectivity index (χ2v) is 5.83. The molecule has 0 saturated carbocycles. The molecule has 0 bridgehead atoms. The van der Waals surface area contributed by atoms with Crippen molar-refractivity contribution in [2.75, 3.05) is 28.2 Å². The van der Waals surface area contributed by atoms with E-state index in [1.807, 2.05) is 72.6 Å². The quantitative estimate of drug-likeness (QED) is 0.236. The Morgan fingerprint density at radius 1 is 0.571 bits per heavy atom. The molecule has 3 rings (SSSR count). The van der Waals surface area contributed by atoms with Gasteiger partial charge < -0.3 is 36.9 Å². The average molecular weight is 579 g/mol. The van der Waals surface area contributed by atoms with Crippen molar-refractivity contribution in [2.45, 2.75) is 25.7 Å². The van der Waals surface area contributed by atoms with Crippen molar-refractivity contribution in [1.82, 2.24) is 19.6 Å². The normalized spacial score (nSPS) is 19.7. The van der Waals surface area contributed by atoms with Gasteiger partial charge in [-0.05, 0) is 25.7 Å². The SMILES string of the molecule is C1=C\CC/C=C\CC/1.CN1[C]N(C)C=C1.CN1[C]N(C)C=C1.F[B-](F)(F)F.[Ir]. The van der Waals surface area contributed by atoms with Crippen LogP contribution in [0.15, 0.2) is 49.1 Å². The first kappa shape index (κ1) is 28.8. The van der Waals surface area contributed by atoms with Crippen LogP contribution in [0.1, 0.15) is 25.7 Å². The van der Waals surface area contributed by atoms with Crippen molar-refractivity contribution in [3.63, 3.8) is 0 Å². The van der Waals surface area contributed by atoms with Crippen LogP contribution >= 0.6 is 0 Å². The van der Waals surface area contributed by atoms with Crippen LogP contribution < -0.4 is 0 Å². The van der Waals surface area contributed by atoms with Crippen LogP contribution in [-0.2, 0) is 20.1 Å². The molecule has 4 nitrogen and oxygen atoms in total. The molecule has 3 aliphatic rings. The van der Waals surface area contributed by atoms with Crippen molar-refractivity contribution in [1.29, 1.82) is 0 Å². The van der Waals surface area contributed by atoms with Gasteiger partial charge in [-0.15, -0.1) is 0 Å². The molecule has 0 aromatic heterocycles. The Morgan fingerprint density at radius 3 is 0.857 bits per heavy atom. The van der Waals surface area contributed by atoms with Gasteiger partial charge in [-0.25, -0.2) is 0 Å². The first-order valence-electron chi connectivity index (χ1n) is 8.56. The molecule has 0 fully saturated rings. The van der Waals surface area contributed by atoms with Crippen LogP contribution in [0.5, 0.6) is 0 Å². The number of nitrogens with zero attached hydrogens (tertiary/aromatic N) is 4. The smallest absolute Gasteiger partial charge is 0.418 e. The maximum atomic E-state index is 9.75. The molecule has 161 valence electrons. The molecule has 0 N–H and O–H groups in total. The number of allylic oxidation sites excluding steroid dienone is 4. The number of hydrogen-bond donors (Lipinski definition) is 0. The fourth-order valence-corrected chi connectivity index (χ4v) is 1.89. The molecule has 0 aromatic rings. The van der Waals surface area contributed by atoms with Crippen LogP contribution in [0.2, 0.25) is 0 Å². The third kappa shape index (κ3) is 22.6. The van der Waals surface area contributed by atoms with E-state index < -0.39 is 7.25 Å². The van der Waals surface area contributed by atoms with Crippen LogP contribution in [-0.4, -0.2) is 55.0 Å². The zero-order chi connectivity index (χ0) is 20.7. The van der Waals surface area contributed by atoms with Gasteiger partial charge in [0.2, 0.25) is 13.3 Å². The molecule has 28 heavy (non-hydrogen) atoms. The molecule has 0 amide bonds. The van der Waals surface area contributed by atoms with Crippen molar-refractivity contribution in [3.05, 3.63) is 62.4 Å². The Balaban J connectivity index is 0. The van der Waals surface area contributed by atoms with E-state index in [2.05, 4.69) is 37.6 Å². The van der Waals surface area contributed by atoms with Crippen LogP contribution in [0.3, 0.4) is 0 Å². The summed E-state index contributed by atoms with van der Waals surface area (Å²) in [6.07, 6.45) is 21.8. The van der Waals surface area contributed by atoms with Gasteiger partial charge in [0.15, 0.2) is 0 Å². The molecular weight excluding hydrogens is 551 g/mol. The molecule has 0 spiro atoms. The summed E-state index contributed by atoms with van der Waals surface area (Å²) in [5.74, 6) is 0. The van der Waals surface area contributed by atoms with Crippen LogP contribution in [0, 0.1) is 13.3 Å². The van der Waals surface area contributed by atoms with Crippen molar-refractivity contribution < 1.29 is 37.4 Å². The van der Waals surface area contributed by atoms with Crippen molar-refractivity contribution >= 4 is 7.25 Å². The summed E-state index contributed by atoms with van der Waals surface area (Å²) >= 11 is 0. The topological polar surface area (TPSA) is 13.0 Å². The third-order valence-electron chi connectivity index (χ3n) is 2.99.